The average molecular weight is 713 g/mol. The number of hydrogen-bond donors (Lipinski definition) is 3. The number of nitrogen functional groups attached to an aromatic ring is 1. The predicted molar refractivity (Wildman–Crippen MR) is 185 cm³/mol. The van der Waals surface area contributed by atoms with Crippen molar-refractivity contribution >= 4 is 41.6 Å². The van der Waals surface area contributed by atoms with E-state index in [1.165, 1.54) is 6.33 Å². The number of nitrogens with zero attached hydrogens (tertiary/aromatic N) is 3. The topological polar surface area (TPSA) is 191 Å². The normalized spacial score (nSPS) is 25.1. The Labute approximate surface area is 289 Å². The lowest BCUT2D eigenvalue weighted by molar-refractivity contribution is -0.216. The van der Waals surface area contributed by atoms with Gasteiger partial charge >= 0.3 is 13.7 Å². The molecule has 2 saturated heterocycles. The van der Waals surface area contributed by atoms with Gasteiger partial charge < -0.3 is 29.2 Å². The molecule has 0 radical (unpaired) electrons. The number of H-pyrrole nitrogens is 1. The molecule has 2 aliphatic rings. The van der Waals surface area contributed by atoms with Gasteiger partial charge in [-0.2, -0.15) is 10.1 Å². The molecular formula is C34H45N6O9P. The number of imidazole rings is 1. The molecule has 2 aromatic carbocycles. The second kappa shape index (κ2) is 13.0. The van der Waals surface area contributed by atoms with Crippen molar-refractivity contribution in [2.75, 3.05) is 18.9 Å². The molecule has 0 bridgehead atoms. The van der Waals surface area contributed by atoms with Crippen LogP contribution in [0.25, 0.3) is 21.9 Å². The number of ether oxygens (including phenoxy) is 4. The van der Waals surface area contributed by atoms with Crippen molar-refractivity contribution in [3.05, 3.63) is 59.1 Å². The predicted octanol–water partition coefficient (Wildman–Crippen LogP) is 5.07. The molecule has 0 aliphatic carbocycles. The van der Waals surface area contributed by atoms with Crippen LogP contribution in [0.5, 0.6) is 5.75 Å². The molecule has 6 rings (SSSR count). The molecule has 50 heavy (non-hydrogen) atoms. The number of esters is 1. The highest BCUT2D eigenvalue weighted by Crippen LogP contribution is 2.53. The number of aromatic amines is 1. The minimum absolute atomic E-state index is 0.0658. The van der Waals surface area contributed by atoms with Crippen LogP contribution < -0.4 is 20.9 Å². The SMILES string of the molecule is CC(C)[C@H](NP(=O)(OC[C@H]1O[C@@H](n2cnc3c(=O)[nH]c(N)nc32)[C@]2(C)OC(C)(C)O[C@H]12)Oc1cccc2ccccc12)C(=O)OCC(C)(C)C. The molecular weight excluding hydrogens is 667 g/mol. The molecule has 6 atom stereocenters. The lowest BCUT2D eigenvalue weighted by Crippen LogP contribution is -2.44. The van der Waals surface area contributed by atoms with Crippen molar-refractivity contribution in [2.24, 2.45) is 11.3 Å². The first-order chi connectivity index (χ1) is 23.4. The van der Waals surface area contributed by atoms with Crippen LogP contribution in [0.2, 0.25) is 0 Å². The second-order valence-corrected chi connectivity index (χ2v) is 16.6. The molecule has 2 aliphatic heterocycles. The Morgan fingerprint density at radius 3 is 2.60 bits per heavy atom. The number of rotatable bonds is 11. The third-order valence-electron chi connectivity index (χ3n) is 8.52. The van der Waals surface area contributed by atoms with E-state index < -0.39 is 55.1 Å². The van der Waals surface area contributed by atoms with Gasteiger partial charge in [0.15, 0.2) is 23.2 Å². The quantitative estimate of drug-likeness (QED) is 0.138. The Morgan fingerprint density at radius 1 is 1.16 bits per heavy atom. The zero-order valence-electron chi connectivity index (χ0n) is 29.5. The lowest BCUT2D eigenvalue weighted by atomic mass is 9.96. The minimum Gasteiger partial charge on any atom is -0.464 e. The minimum atomic E-state index is -4.37. The van der Waals surface area contributed by atoms with Gasteiger partial charge in [0, 0.05) is 5.39 Å². The molecule has 15 nitrogen and oxygen atoms in total. The van der Waals surface area contributed by atoms with Gasteiger partial charge in [0.05, 0.1) is 19.5 Å². The average Bonchev–Trinajstić information content (AvgIpc) is 3.63. The van der Waals surface area contributed by atoms with Crippen molar-refractivity contribution in [1.29, 1.82) is 0 Å². The molecule has 0 amide bonds. The van der Waals surface area contributed by atoms with Gasteiger partial charge in [0.1, 0.15) is 29.6 Å². The maximum absolute atomic E-state index is 14.9. The fraction of sp³-hybridized carbons (Fsp3) is 0.529. The van der Waals surface area contributed by atoms with E-state index >= 15 is 0 Å². The van der Waals surface area contributed by atoms with Crippen molar-refractivity contribution < 1.29 is 37.4 Å². The van der Waals surface area contributed by atoms with Gasteiger partial charge in [-0.25, -0.2) is 9.55 Å². The summed E-state index contributed by atoms with van der Waals surface area (Å²) in [6.07, 6.45) is -1.11. The molecule has 2 aromatic heterocycles. The van der Waals surface area contributed by atoms with Gasteiger partial charge in [-0.1, -0.05) is 71.0 Å². The Balaban J connectivity index is 1.33. The van der Waals surface area contributed by atoms with E-state index in [1.54, 1.807) is 30.5 Å². The van der Waals surface area contributed by atoms with E-state index in [0.717, 1.165) is 5.39 Å². The highest BCUT2D eigenvalue weighted by Gasteiger charge is 2.64. The number of benzene rings is 2. The van der Waals surface area contributed by atoms with E-state index in [1.807, 2.05) is 71.9 Å². The third kappa shape index (κ3) is 7.16. The Hall–Kier alpha value is -3.85. The zero-order valence-corrected chi connectivity index (χ0v) is 30.4. The van der Waals surface area contributed by atoms with E-state index in [2.05, 4.69) is 20.0 Å². The number of carbonyl (C=O) groups excluding carboxylic acids is 1. The Morgan fingerprint density at radius 2 is 1.88 bits per heavy atom. The molecule has 1 unspecified atom stereocenters. The smallest absolute Gasteiger partial charge is 0.459 e. The zero-order chi connectivity index (χ0) is 36.2. The van der Waals surface area contributed by atoms with Crippen LogP contribution in [0.4, 0.5) is 5.95 Å². The van der Waals surface area contributed by atoms with Crippen LogP contribution in [-0.2, 0) is 32.8 Å². The van der Waals surface area contributed by atoms with Crippen LogP contribution in [0.3, 0.4) is 0 Å². The maximum Gasteiger partial charge on any atom is 0.459 e. The molecule has 0 saturated carbocycles. The number of anilines is 1. The van der Waals surface area contributed by atoms with Gasteiger partial charge in [0.2, 0.25) is 5.95 Å². The summed E-state index contributed by atoms with van der Waals surface area (Å²) < 4.78 is 53.8. The molecule has 4 N–H and O–H groups in total. The van der Waals surface area contributed by atoms with E-state index in [4.69, 9.17) is 33.7 Å². The number of carbonyl (C=O) groups is 1. The first-order valence-electron chi connectivity index (χ1n) is 16.5. The van der Waals surface area contributed by atoms with Crippen molar-refractivity contribution in [3.8, 4) is 5.75 Å². The van der Waals surface area contributed by atoms with E-state index in [9.17, 15) is 14.2 Å². The number of aromatic nitrogens is 4. The first-order valence-corrected chi connectivity index (χ1v) is 18.0. The van der Waals surface area contributed by atoms with Crippen LogP contribution in [0.1, 0.15) is 61.6 Å². The second-order valence-electron chi connectivity index (χ2n) is 14.9. The maximum atomic E-state index is 14.9. The molecule has 270 valence electrons. The highest BCUT2D eigenvalue weighted by atomic mass is 31.2. The summed E-state index contributed by atoms with van der Waals surface area (Å²) in [6.45, 7) is 14.7. The van der Waals surface area contributed by atoms with Crippen LogP contribution in [-0.4, -0.2) is 68.3 Å². The van der Waals surface area contributed by atoms with Crippen LogP contribution in [0.15, 0.2) is 53.6 Å². The third-order valence-corrected chi connectivity index (χ3v) is 10.0. The van der Waals surface area contributed by atoms with E-state index in [-0.39, 0.29) is 41.7 Å². The largest absolute Gasteiger partial charge is 0.464 e. The van der Waals surface area contributed by atoms with Crippen LogP contribution in [0, 0.1) is 11.3 Å². The molecule has 16 heteroatoms. The van der Waals surface area contributed by atoms with Gasteiger partial charge in [-0.05, 0) is 43.6 Å². The van der Waals surface area contributed by atoms with Crippen molar-refractivity contribution in [3.63, 3.8) is 0 Å². The molecule has 4 aromatic rings. The van der Waals surface area contributed by atoms with Gasteiger partial charge in [-0.3, -0.25) is 23.7 Å². The standard InChI is InChI=1S/C34H45N6O9P/c1-19(2)24(29(42)44-17-32(3,4)5)39-50(43,48-22-15-11-13-20-12-9-10-14-21(20)22)45-16-23-26-34(8,49-33(6,7)47-26)30(46-23)40-18-36-25-27(40)37-31(35)38-28(25)41/h9-15,18-19,23-24,26,30H,16-17H2,1-8H3,(H,39,43)(H3,35,37,38,41)/t23-,24+,26-,30-,34-,50?/m1/s1. The summed E-state index contributed by atoms with van der Waals surface area (Å²) in [6, 6.07) is 11.8. The monoisotopic (exact) mass is 712 g/mol. The van der Waals surface area contributed by atoms with E-state index in [0.29, 0.717) is 11.1 Å². The molecule has 0 spiro atoms. The fourth-order valence-corrected chi connectivity index (χ4v) is 8.00. The van der Waals surface area contributed by atoms with Crippen molar-refractivity contribution in [1.82, 2.24) is 24.6 Å². The summed E-state index contributed by atoms with van der Waals surface area (Å²) in [5.41, 5.74) is 4.18. The van der Waals surface area contributed by atoms with Gasteiger partial charge in [0.25, 0.3) is 5.56 Å². The summed E-state index contributed by atoms with van der Waals surface area (Å²) >= 11 is 0. The number of hydrogen-bond acceptors (Lipinski definition) is 12. The van der Waals surface area contributed by atoms with Crippen LogP contribution >= 0.6 is 7.75 Å². The molecule has 2 fully saturated rings. The van der Waals surface area contributed by atoms with Crippen molar-refractivity contribution in [2.45, 2.75) is 91.3 Å². The Bertz CT molecular complexity index is 2000. The fourth-order valence-electron chi connectivity index (χ4n) is 6.31. The van der Waals surface area contributed by atoms with Gasteiger partial charge in [-0.15, -0.1) is 0 Å². The first kappa shape index (κ1) is 36.0. The number of nitrogens with one attached hydrogen (secondary N) is 2. The summed E-state index contributed by atoms with van der Waals surface area (Å²) in [5, 5.41) is 4.45. The summed E-state index contributed by atoms with van der Waals surface area (Å²) in [4.78, 5) is 36.9. The summed E-state index contributed by atoms with van der Waals surface area (Å²) in [5.74, 6) is -1.78. The highest BCUT2D eigenvalue weighted by molar-refractivity contribution is 7.52. The molecule has 4 heterocycles. The lowest BCUT2D eigenvalue weighted by Gasteiger charge is -2.30. The Kier molecular flexibility index (Phi) is 9.38. The number of nitrogens with two attached hydrogens (primary N) is 1. The number of fused-ring (bicyclic) bond motifs is 3. The summed E-state index contributed by atoms with van der Waals surface area (Å²) in [7, 11) is -4.37.